The molecule has 192 valence electrons. The molecule has 0 bridgehead atoms. The summed E-state index contributed by atoms with van der Waals surface area (Å²) in [4.78, 5) is 19.5. The molecule has 5 rings (SSSR count). The van der Waals surface area contributed by atoms with Crippen LogP contribution in [-0.2, 0) is 0 Å². The van der Waals surface area contributed by atoms with Gasteiger partial charge in [-0.05, 0) is 43.4 Å². The molecule has 2 fully saturated rings. The number of halogens is 2. The van der Waals surface area contributed by atoms with Gasteiger partial charge < -0.3 is 19.3 Å². The lowest BCUT2D eigenvalue weighted by atomic mass is 10.00. The summed E-state index contributed by atoms with van der Waals surface area (Å²) >= 11 is 0. The van der Waals surface area contributed by atoms with Crippen molar-refractivity contribution >= 4 is 11.4 Å². The van der Waals surface area contributed by atoms with Gasteiger partial charge in [0.15, 0.2) is 5.78 Å². The molecule has 2 aromatic heterocycles. The summed E-state index contributed by atoms with van der Waals surface area (Å²) in [7, 11) is 1.40. The zero-order chi connectivity index (χ0) is 25.2. The first-order valence-corrected chi connectivity index (χ1v) is 12.1. The van der Waals surface area contributed by atoms with E-state index in [0.29, 0.717) is 48.3 Å². The topological polar surface area (TPSA) is 85.5 Å². The number of nitrogens with zero attached hydrogens (tertiary/aromatic N) is 3. The van der Waals surface area contributed by atoms with E-state index >= 15 is 0 Å². The highest BCUT2D eigenvalue weighted by Gasteiger charge is 2.30. The van der Waals surface area contributed by atoms with Crippen LogP contribution < -0.4 is 14.2 Å². The highest BCUT2D eigenvalue weighted by atomic mass is 19.3. The first-order chi connectivity index (χ1) is 17.4. The normalized spacial score (nSPS) is 16.4. The third kappa shape index (κ3) is 5.44. The number of imidazole rings is 1. The number of fused-ring (bicyclic) bond motifs is 1. The predicted octanol–water partition coefficient (Wildman–Crippen LogP) is 4.04. The SMILES string of the molecule is COc1cc(-c2cnc3cc(OCCCN4CC(O)C4)ccn23)cc(OC(F)F)c1C(=O)CC1CC1. The number of aliphatic hydroxyl groups is 1. The van der Waals surface area contributed by atoms with E-state index in [1.54, 1.807) is 28.9 Å². The molecule has 1 aromatic carbocycles. The van der Waals surface area contributed by atoms with Crippen LogP contribution in [0.3, 0.4) is 0 Å². The number of hydrogen-bond donors (Lipinski definition) is 1. The Morgan fingerprint density at radius 1 is 1.22 bits per heavy atom. The van der Waals surface area contributed by atoms with E-state index in [9.17, 15) is 18.7 Å². The maximum atomic E-state index is 13.2. The van der Waals surface area contributed by atoms with Crippen LogP contribution in [0.1, 0.15) is 36.0 Å². The van der Waals surface area contributed by atoms with Crippen molar-refractivity contribution in [3.8, 4) is 28.5 Å². The third-order valence-corrected chi connectivity index (χ3v) is 6.56. The first-order valence-electron chi connectivity index (χ1n) is 12.1. The molecule has 10 heteroatoms. The van der Waals surface area contributed by atoms with Gasteiger partial charge in [-0.1, -0.05) is 0 Å². The molecule has 0 radical (unpaired) electrons. The molecule has 36 heavy (non-hydrogen) atoms. The van der Waals surface area contributed by atoms with Crippen molar-refractivity contribution in [2.45, 2.75) is 38.4 Å². The Hall–Kier alpha value is -3.24. The molecule has 3 heterocycles. The number of carbonyl (C=O) groups excluding carboxylic acids is 1. The quantitative estimate of drug-likeness (QED) is 0.296. The number of β-amino-alcohol motifs (C(OH)–C–C–N with tert-alkyl or cyclic N) is 1. The monoisotopic (exact) mass is 501 g/mol. The second-order valence-electron chi connectivity index (χ2n) is 9.35. The number of Topliss-reactive ketones (excluding diaryl/α,β-unsaturated/α-hetero) is 1. The second kappa shape index (κ2) is 10.4. The summed E-state index contributed by atoms with van der Waals surface area (Å²) < 4.78 is 44.3. The van der Waals surface area contributed by atoms with Crippen LogP contribution >= 0.6 is 0 Å². The van der Waals surface area contributed by atoms with Gasteiger partial charge in [0, 0.05) is 43.9 Å². The molecule has 1 aliphatic carbocycles. The van der Waals surface area contributed by atoms with Crippen LogP contribution in [0.15, 0.2) is 36.7 Å². The van der Waals surface area contributed by atoms with Gasteiger partial charge >= 0.3 is 6.61 Å². The summed E-state index contributed by atoms with van der Waals surface area (Å²) in [5, 5.41) is 9.35. The molecule has 8 nitrogen and oxygen atoms in total. The minimum absolute atomic E-state index is 0.0469. The zero-order valence-corrected chi connectivity index (χ0v) is 20.0. The average molecular weight is 502 g/mol. The van der Waals surface area contributed by atoms with Crippen molar-refractivity contribution in [3.05, 3.63) is 42.2 Å². The van der Waals surface area contributed by atoms with E-state index in [1.165, 1.54) is 13.2 Å². The van der Waals surface area contributed by atoms with Crippen LogP contribution in [0.5, 0.6) is 17.2 Å². The van der Waals surface area contributed by atoms with Crippen LogP contribution in [0.25, 0.3) is 16.9 Å². The molecule has 3 aromatic rings. The van der Waals surface area contributed by atoms with Gasteiger partial charge in [0.2, 0.25) is 0 Å². The Bertz CT molecular complexity index is 1240. The average Bonchev–Trinajstić information content (AvgIpc) is 3.54. The number of pyridine rings is 1. The number of aliphatic hydroxyl groups excluding tert-OH is 1. The standard InChI is InChI=1S/C26H29F2N3O5/c1-34-22-10-17(11-23(36-26(27)28)25(22)21(33)9-16-3-4-16)20-13-29-24-12-19(5-7-31(20)24)35-8-2-6-30-14-18(32)15-30/h5,7,10-13,16,18,26,32H,2-4,6,8-9,14-15H2,1H3. The number of carbonyl (C=O) groups is 1. The van der Waals surface area contributed by atoms with E-state index in [4.69, 9.17) is 14.2 Å². The molecule has 0 unspecified atom stereocenters. The molecule has 1 saturated heterocycles. The second-order valence-corrected chi connectivity index (χ2v) is 9.35. The molecule has 1 N–H and O–H groups in total. The van der Waals surface area contributed by atoms with E-state index in [1.807, 2.05) is 6.07 Å². The van der Waals surface area contributed by atoms with Crippen LogP contribution in [0.4, 0.5) is 8.78 Å². The van der Waals surface area contributed by atoms with Crippen LogP contribution in [-0.4, -0.2) is 71.2 Å². The van der Waals surface area contributed by atoms with Crippen LogP contribution in [0, 0.1) is 5.92 Å². The van der Waals surface area contributed by atoms with Gasteiger partial charge in [0.1, 0.15) is 28.5 Å². The fourth-order valence-corrected chi connectivity index (χ4v) is 4.52. The van der Waals surface area contributed by atoms with Crippen molar-refractivity contribution < 1.29 is 32.9 Å². The van der Waals surface area contributed by atoms with Crippen molar-refractivity contribution in [2.75, 3.05) is 33.4 Å². The lowest BCUT2D eigenvalue weighted by molar-refractivity contribution is -0.0502. The molecule has 1 saturated carbocycles. The zero-order valence-electron chi connectivity index (χ0n) is 20.0. The maximum Gasteiger partial charge on any atom is 0.387 e. The Morgan fingerprint density at radius 2 is 2.00 bits per heavy atom. The van der Waals surface area contributed by atoms with Crippen molar-refractivity contribution in [2.24, 2.45) is 5.92 Å². The molecule has 2 aliphatic rings. The summed E-state index contributed by atoms with van der Waals surface area (Å²) in [6.45, 7) is -0.235. The van der Waals surface area contributed by atoms with E-state index < -0.39 is 6.61 Å². The molecule has 1 aliphatic heterocycles. The number of methoxy groups -OCH3 is 1. The van der Waals surface area contributed by atoms with Gasteiger partial charge in [-0.3, -0.25) is 14.1 Å². The predicted molar refractivity (Wildman–Crippen MR) is 128 cm³/mol. The number of ketones is 1. The Morgan fingerprint density at radius 3 is 2.69 bits per heavy atom. The summed E-state index contributed by atoms with van der Waals surface area (Å²) in [6, 6.07) is 6.71. The van der Waals surface area contributed by atoms with Gasteiger partial charge in [-0.15, -0.1) is 0 Å². The number of hydrogen-bond acceptors (Lipinski definition) is 7. The molecular formula is C26H29F2N3O5. The molecule has 0 amide bonds. The molecule has 0 atom stereocenters. The number of likely N-dealkylation sites (tertiary alicyclic amines) is 1. The number of rotatable bonds is 12. The molecule has 0 spiro atoms. The van der Waals surface area contributed by atoms with Gasteiger partial charge in [-0.25, -0.2) is 4.98 Å². The minimum atomic E-state index is -3.08. The highest BCUT2D eigenvalue weighted by molar-refractivity contribution is 6.02. The summed E-state index contributed by atoms with van der Waals surface area (Å²) in [5.74, 6) is 0.693. The van der Waals surface area contributed by atoms with E-state index in [0.717, 1.165) is 25.8 Å². The van der Waals surface area contributed by atoms with Gasteiger partial charge in [-0.2, -0.15) is 8.78 Å². The Kier molecular flexibility index (Phi) is 7.06. The number of ether oxygens (including phenoxy) is 3. The lowest BCUT2D eigenvalue weighted by Crippen LogP contribution is -2.50. The smallest absolute Gasteiger partial charge is 0.387 e. The van der Waals surface area contributed by atoms with Crippen molar-refractivity contribution in [1.82, 2.24) is 14.3 Å². The first kappa shape index (κ1) is 24.5. The lowest BCUT2D eigenvalue weighted by Gasteiger charge is -2.35. The minimum Gasteiger partial charge on any atom is -0.496 e. The largest absolute Gasteiger partial charge is 0.496 e. The number of alkyl halides is 2. The fourth-order valence-electron chi connectivity index (χ4n) is 4.52. The van der Waals surface area contributed by atoms with E-state index in [2.05, 4.69) is 9.88 Å². The molecular weight excluding hydrogens is 472 g/mol. The van der Waals surface area contributed by atoms with Gasteiger partial charge in [0.25, 0.3) is 0 Å². The number of aromatic nitrogens is 2. The Labute approximate surface area is 207 Å². The summed E-state index contributed by atoms with van der Waals surface area (Å²) in [5.41, 5.74) is 1.83. The highest BCUT2D eigenvalue weighted by Crippen LogP contribution is 2.40. The van der Waals surface area contributed by atoms with E-state index in [-0.39, 0.29) is 35.4 Å². The van der Waals surface area contributed by atoms with Crippen LogP contribution in [0.2, 0.25) is 0 Å². The summed E-state index contributed by atoms with van der Waals surface area (Å²) in [6.07, 6.45) is 6.27. The van der Waals surface area contributed by atoms with Crippen molar-refractivity contribution in [1.29, 1.82) is 0 Å². The fraction of sp³-hybridized carbons (Fsp3) is 0.462. The Balaban J connectivity index is 1.36. The van der Waals surface area contributed by atoms with Gasteiger partial charge in [0.05, 0.1) is 31.7 Å². The maximum absolute atomic E-state index is 13.2. The third-order valence-electron chi connectivity index (χ3n) is 6.56. The van der Waals surface area contributed by atoms with Crippen molar-refractivity contribution in [3.63, 3.8) is 0 Å². The number of benzene rings is 1.